The average Bonchev–Trinajstić information content (AvgIpc) is 2.70. The Balaban J connectivity index is 1.75. The lowest BCUT2D eigenvalue weighted by atomic mass is 10.2. The Labute approximate surface area is 138 Å². The van der Waals surface area contributed by atoms with Crippen LogP contribution < -0.4 is 0 Å². The Morgan fingerprint density at radius 2 is 0.917 bits per heavy atom. The summed E-state index contributed by atoms with van der Waals surface area (Å²) >= 11 is 0. The van der Waals surface area contributed by atoms with Crippen LogP contribution in [0.2, 0.25) is 0 Å². The molecule has 6 heteroatoms. The van der Waals surface area contributed by atoms with Gasteiger partial charge in [-0.3, -0.25) is 0 Å². The molecule has 4 aromatic rings. The van der Waals surface area contributed by atoms with E-state index in [0.29, 0.717) is 23.0 Å². The van der Waals surface area contributed by atoms with Gasteiger partial charge in [0.1, 0.15) is 0 Å². The van der Waals surface area contributed by atoms with Crippen LogP contribution in [0.5, 0.6) is 0 Å². The van der Waals surface area contributed by atoms with E-state index in [-0.39, 0.29) is 0 Å². The van der Waals surface area contributed by atoms with Gasteiger partial charge in [0.2, 0.25) is 11.6 Å². The Kier molecular flexibility index (Phi) is 3.69. The van der Waals surface area contributed by atoms with Crippen LogP contribution in [0.15, 0.2) is 73.1 Å². The van der Waals surface area contributed by atoms with Gasteiger partial charge in [-0.2, -0.15) is 10.2 Å². The summed E-state index contributed by atoms with van der Waals surface area (Å²) in [7, 11) is 0. The topological polar surface area (TPSA) is 77.3 Å². The van der Waals surface area contributed by atoms with E-state index >= 15 is 0 Å². The second kappa shape index (κ2) is 6.29. The zero-order chi connectivity index (χ0) is 16.2. The molecule has 2 aromatic heterocycles. The fraction of sp³-hybridized carbons (Fsp3) is 0. The van der Waals surface area contributed by atoms with Crippen LogP contribution in [0.1, 0.15) is 0 Å². The van der Waals surface area contributed by atoms with Crippen LogP contribution in [-0.4, -0.2) is 30.4 Å². The van der Waals surface area contributed by atoms with Gasteiger partial charge in [0.25, 0.3) is 0 Å². The molecule has 0 fully saturated rings. The molecule has 6 nitrogen and oxygen atoms in total. The Morgan fingerprint density at radius 3 is 1.33 bits per heavy atom. The molecule has 4 rings (SSSR count). The third kappa shape index (κ3) is 2.85. The number of aromatic nitrogens is 6. The van der Waals surface area contributed by atoms with Gasteiger partial charge < -0.3 is 0 Å². The van der Waals surface area contributed by atoms with E-state index in [9.17, 15) is 0 Å². The molecule has 0 aliphatic rings. The normalized spacial score (nSPS) is 10.5. The van der Waals surface area contributed by atoms with Crippen LogP contribution >= 0.6 is 0 Å². The molecular weight excluding hydrogens is 300 g/mol. The van der Waals surface area contributed by atoms with Crippen LogP contribution in [0.25, 0.3) is 34.2 Å². The van der Waals surface area contributed by atoms with Crippen molar-refractivity contribution in [1.82, 2.24) is 30.4 Å². The minimum absolute atomic E-state index is 0.349. The smallest absolute Gasteiger partial charge is 0.222 e. The standard InChI is InChI=1S/C18H12N6/c1-3-7-13(8-4-1)15-11-19-23-17(21-15)18-22-16(12-20-24-18)14-9-5-2-6-10-14/h1-12H. The minimum atomic E-state index is 0.349. The molecule has 0 N–H and O–H groups in total. The fourth-order valence-corrected chi connectivity index (χ4v) is 2.29. The van der Waals surface area contributed by atoms with Crippen molar-refractivity contribution < 1.29 is 0 Å². The minimum Gasteiger partial charge on any atom is -0.222 e. The molecule has 0 bridgehead atoms. The molecule has 2 aromatic carbocycles. The average molecular weight is 312 g/mol. The third-order valence-corrected chi connectivity index (χ3v) is 3.46. The molecule has 0 unspecified atom stereocenters. The molecule has 0 radical (unpaired) electrons. The predicted octanol–water partition coefficient (Wildman–Crippen LogP) is 3.06. The summed E-state index contributed by atoms with van der Waals surface area (Å²) in [5, 5.41) is 16.1. The van der Waals surface area contributed by atoms with E-state index in [1.165, 1.54) is 0 Å². The van der Waals surface area contributed by atoms with Gasteiger partial charge in [-0.15, -0.1) is 10.2 Å². The van der Waals surface area contributed by atoms with Crippen molar-refractivity contribution in [2.75, 3.05) is 0 Å². The highest BCUT2D eigenvalue weighted by Gasteiger charge is 2.10. The Bertz CT molecular complexity index is 876. The van der Waals surface area contributed by atoms with Crippen LogP contribution in [0.4, 0.5) is 0 Å². The van der Waals surface area contributed by atoms with Gasteiger partial charge >= 0.3 is 0 Å². The second-order valence-electron chi connectivity index (χ2n) is 5.06. The summed E-state index contributed by atoms with van der Waals surface area (Å²) < 4.78 is 0. The first-order valence-corrected chi connectivity index (χ1v) is 7.41. The van der Waals surface area contributed by atoms with Gasteiger partial charge in [-0.1, -0.05) is 60.7 Å². The Morgan fingerprint density at radius 1 is 0.500 bits per heavy atom. The molecule has 0 amide bonds. The molecule has 0 aliphatic carbocycles. The number of hydrogen-bond acceptors (Lipinski definition) is 6. The first kappa shape index (κ1) is 14.1. The van der Waals surface area contributed by atoms with Crippen molar-refractivity contribution in [2.24, 2.45) is 0 Å². The SMILES string of the molecule is c1ccc(-c2cnnc(-c3nncc(-c4ccccc4)n3)n2)cc1. The van der Waals surface area contributed by atoms with E-state index in [1.54, 1.807) is 12.4 Å². The molecule has 0 saturated carbocycles. The monoisotopic (exact) mass is 312 g/mol. The molecule has 0 saturated heterocycles. The Hall–Kier alpha value is -3.54. The van der Waals surface area contributed by atoms with Crippen molar-refractivity contribution in [2.45, 2.75) is 0 Å². The highest BCUT2D eigenvalue weighted by Crippen LogP contribution is 2.20. The summed E-state index contributed by atoms with van der Waals surface area (Å²) in [6.45, 7) is 0. The summed E-state index contributed by atoms with van der Waals surface area (Å²) in [6.07, 6.45) is 3.24. The highest BCUT2D eigenvalue weighted by atomic mass is 15.2. The zero-order valence-electron chi connectivity index (χ0n) is 12.6. The number of benzene rings is 2. The molecule has 24 heavy (non-hydrogen) atoms. The molecule has 2 heterocycles. The zero-order valence-corrected chi connectivity index (χ0v) is 12.6. The quantitative estimate of drug-likeness (QED) is 0.578. The van der Waals surface area contributed by atoms with Gasteiger partial charge in [0, 0.05) is 11.1 Å². The van der Waals surface area contributed by atoms with Crippen LogP contribution in [-0.2, 0) is 0 Å². The van der Waals surface area contributed by atoms with Crippen LogP contribution in [0.3, 0.4) is 0 Å². The lowest BCUT2D eigenvalue weighted by Gasteiger charge is -2.03. The first-order valence-electron chi connectivity index (χ1n) is 7.41. The molecular formula is C18H12N6. The van der Waals surface area contributed by atoms with E-state index < -0.39 is 0 Å². The first-order chi connectivity index (χ1) is 11.9. The summed E-state index contributed by atoms with van der Waals surface area (Å²) in [6, 6.07) is 19.6. The van der Waals surface area contributed by atoms with E-state index in [1.807, 2.05) is 60.7 Å². The van der Waals surface area contributed by atoms with Crippen molar-refractivity contribution in [3.8, 4) is 34.2 Å². The maximum atomic E-state index is 4.51. The number of rotatable bonds is 3. The molecule has 0 spiro atoms. The lowest BCUT2D eigenvalue weighted by Crippen LogP contribution is -2.01. The summed E-state index contributed by atoms with van der Waals surface area (Å²) in [5.41, 5.74) is 3.35. The van der Waals surface area contributed by atoms with E-state index in [0.717, 1.165) is 11.1 Å². The number of hydrogen-bond donors (Lipinski definition) is 0. The second-order valence-corrected chi connectivity index (χ2v) is 5.06. The van der Waals surface area contributed by atoms with Crippen molar-refractivity contribution >= 4 is 0 Å². The number of nitrogens with zero attached hydrogens (tertiary/aromatic N) is 6. The third-order valence-electron chi connectivity index (χ3n) is 3.46. The molecule has 0 atom stereocenters. The van der Waals surface area contributed by atoms with Crippen molar-refractivity contribution in [3.63, 3.8) is 0 Å². The van der Waals surface area contributed by atoms with Gasteiger partial charge in [0.05, 0.1) is 23.8 Å². The van der Waals surface area contributed by atoms with E-state index in [2.05, 4.69) is 30.4 Å². The fourth-order valence-electron chi connectivity index (χ4n) is 2.29. The maximum absolute atomic E-state index is 4.51. The predicted molar refractivity (Wildman–Crippen MR) is 89.5 cm³/mol. The molecule has 0 aliphatic heterocycles. The van der Waals surface area contributed by atoms with Gasteiger partial charge in [0.15, 0.2) is 0 Å². The van der Waals surface area contributed by atoms with E-state index in [4.69, 9.17) is 0 Å². The van der Waals surface area contributed by atoms with Gasteiger partial charge in [-0.25, -0.2) is 9.97 Å². The largest absolute Gasteiger partial charge is 0.222 e. The van der Waals surface area contributed by atoms with Gasteiger partial charge in [-0.05, 0) is 0 Å². The summed E-state index contributed by atoms with van der Waals surface area (Å²) in [4.78, 5) is 9.02. The molecule has 114 valence electrons. The van der Waals surface area contributed by atoms with Crippen molar-refractivity contribution in [1.29, 1.82) is 0 Å². The summed E-state index contributed by atoms with van der Waals surface area (Å²) in [5.74, 6) is 0.697. The lowest BCUT2D eigenvalue weighted by molar-refractivity contribution is 0.918. The maximum Gasteiger partial charge on any atom is 0.222 e. The van der Waals surface area contributed by atoms with Crippen LogP contribution in [0, 0.1) is 0 Å². The van der Waals surface area contributed by atoms with Crippen molar-refractivity contribution in [3.05, 3.63) is 73.1 Å². The highest BCUT2D eigenvalue weighted by molar-refractivity contribution is 5.62.